The van der Waals surface area contributed by atoms with Gasteiger partial charge in [0, 0.05) is 24.6 Å². The summed E-state index contributed by atoms with van der Waals surface area (Å²) in [6.07, 6.45) is 2.39. The molecule has 1 unspecified atom stereocenters. The van der Waals surface area contributed by atoms with E-state index in [0.29, 0.717) is 11.4 Å². The van der Waals surface area contributed by atoms with Crippen molar-refractivity contribution in [2.24, 2.45) is 5.84 Å². The number of halogens is 4. The maximum Gasteiger partial charge on any atom is 0.0732 e. The van der Waals surface area contributed by atoms with Crippen molar-refractivity contribution in [2.75, 3.05) is 0 Å². The van der Waals surface area contributed by atoms with Crippen LogP contribution in [0.15, 0.2) is 43.9 Å². The monoisotopic (exact) mass is 481 g/mol. The number of nitrogens with zero attached hydrogens (tertiary/aromatic N) is 1. The molecule has 0 saturated carbocycles. The summed E-state index contributed by atoms with van der Waals surface area (Å²) < 4.78 is 2.75. The molecule has 106 valence electrons. The average molecular weight is 484 g/mol. The van der Waals surface area contributed by atoms with Crippen LogP contribution in [0.2, 0.25) is 5.02 Å². The molecular formula is C13H11Br3ClN3. The Labute approximate surface area is 147 Å². The molecule has 0 bridgehead atoms. The van der Waals surface area contributed by atoms with Crippen molar-refractivity contribution in [2.45, 2.75) is 12.5 Å². The van der Waals surface area contributed by atoms with Crippen LogP contribution in [0.5, 0.6) is 0 Å². The molecule has 0 fully saturated rings. The van der Waals surface area contributed by atoms with E-state index in [-0.39, 0.29) is 6.04 Å². The molecule has 3 nitrogen and oxygen atoms in total. The van der Waals surface area contributed by atoms with Gasteiger partial charge < -0.3 is 0 Å². The number of pyridine rings is 1. The molecule has 0 aliphatic carbocycles. The molecule has 2 aromatic rings. The van der Waals surface area contributed by atoms with Crippen LogP contribution in [0.25, 0.3) is 0 Å². The predicted octanol–water partition coefficient (Wildman–Crippen LogP) is 4.77. The van der Waals surface area contributed by atoms with Crippen molar-refractivity contribution < 1.29 is 0 Å². The van der Waals surface area contributed by atoms with Crippen LogP contribution < -0.4 is 11.3 Å². The minimum Gasteiger partial charge on any atom is -0.271 e. The van der Waals surface area contributed by atoms with E-state index in [2.05, 4.69) is 58.2 Å². The Balaban J connectivity index is 2.28. The lowest BCUT2D eigenvalue weighted by molar-refractivity contribution is 0.536. The van der Waals surface area contributed by atoms with Crippen molar-refractivity contribution >= 4 is 59.4 Å². The second-order valence-corrected chi connectivity index (χ2v) is 7.27. The topological polar surface area (TPSA) is 50.9 Å². The van der Waals surface area contributed by atoms with Crippen LogP contribution in [0.4, 0.5) is 0 Å². The van der Waals surface area contributed by atoms with E-state index < -0.39 is 0 Å². The molecule has 3 N–H and O–H groups in total. The van der Waals surface area contributed by atoms with E-state index in [1.54, 1.807) is 6.20 Å². The summed E-state index contributed by atoms with van der Waals surface area (Å²) in [5.41, 5.74) is 4.64. The Morgan fingerprint density at radius 3 is 2.55 bits per heavy atom. The molecule has 0 saturated heterocycles. The normalized spacial score (nSPS) is 12.4. The smallest absolute Gasteiger partial charge is 0.0732 e. The van der Waals surface area contributed by atoms with Crippen molar-refractivity contribution in [3.63, 3.8) is 0 Å². The first-order chi connectivity index (χ1) is 9.51. The maximum atomic E-state index is 6.24. The van der Waals surface area contributed by atoms with Gasteiger partial charge in [0.2, 0.25) is 0 Å². The Morgan fingerprint density at radius 2 is 1.95 bits per heavy atom. The van der Waals surface area contributed by atoms with E-state index in [0.717, 1.165) is 24.7 Å². The fourth-order valence-electron chi connectivity index (χ4n) is 1.82. The van der Waals surface area contributed by atoms with Gasteiger partial charge in [-0.2, -0.15) is 0 Å². The molecule has 1 aromatic carbocycles. The highest BCUT2D eigenvalue weighted by Gasteiger charge is 2.17. The summed E-state index contributed by atoms with van der Waals surface area (Å²) in [6, 6.07) is 7.61. The second-order valence-electron chi connectivity index (χ2n) is 4.18. The van der Waals surface area contributed by atoms with Crippen LogP contribution in [-0.2, 0) is 6.42 Å². The van der Waals surface area contributed by atoms with Gasteiger partial charge in [-0.3, -0.25) is 16.3 Å². The molecular weight excluding hydrogens is 473 g/mol. The summed E-state index contributed by atoms with van der Waals surface area (Å²) in [5.74, 6) is 5.66. The number of benzene rings is 1. The fraction of sp³-hybridized carbons (Fsp3) is 0.154. The van der Waals surface area contributed by atoms with E-state index in [1.807, 2.05) is 24.3 Å². The van der Waals surface area contributed by atoms with Crippen LogP contribution >= 0.6 is 59.4 Å². The predicted molar refractivity (Wildman–Crippen MR) is 92.6 cm³/mol. The molecule has 1 atom stereocenters. The highest BCUT2D eigenvalue weighted by molar-refractivity contribution is 9.11. The molecule has 0 radical (unpaired) electrons. The lowest BCUT2D eigenvalue weighted by Crippen LogP contribution is -2.30. The molecule has 7 heteroatoms. The average Bonchev–Trinajstić information content (AvgIpc) is 2.39. The van der Waals surface area contributed by atoms with Gasteiger partial charge in [-0.1, -0.05) is 33.6 Å². The molecule has 2 rings (SSSR count). The zero-order chi connectivity index (χ0) is 14.7. The number of hydrogen-bond donors (Lipinski definition) is 2. The molecule has 0 spiro atoms. The zero-order valence-corrected chi connectivity index (χ0v) is 15.7. The Morgan fingerprint density at radius 1 is 1.20 bits per heavy atom. The summed E-state index contributed by atoms with van der Waals surface area (Å²) in [6.45, 7) is 0. The number of nitrogens with two attached hydrogens (primary N) is 1. The van der Waals surface area contributed by atoms with E-state index in [1.165, 1.54) is 0 Å². The highest BCUT2D eigenvalue weighted by atomic mass is 79.9. The number of hydrogen-bond acceptors (Lipinski definition) is 3. The highest BCUT2D eigenvalue weighted by Crippen LogP contribution is 2.29. The van der Waals surface area contributed by atoms with Crippen molar-refractivity contribution in [1.82, 2.24) is 10.4 Å². The minimum atomic E-state index is -0.129. The lowest BCUT2D eigenvalue weighted by Gasteiger charge is -2.18. The first-order valence-corrected chi connectivity index (χ1v) is 8.48. The van der Waals surface area contributed by atoms with Gasteiger partial charge in [0.05, 0.1) is 11.7 Å². The molecule has 0 aliphatic rings. The molecule has 1 heterocycles. The SMILES string of the molecule is NNC(Cc1ccc(Br)cc1Cl)c1ncc(Br)cc1Br. The van der Waals surface area contributed by atoms with Crippen LogP contribution in [-0.4, -0.2) is 4.98 Å². The van der Waals surface area contributed by atoms with E-state index >= 15 is 0 Å². The summed E-state index contributed by atoms with van der Waals surface area (Å²) >= 11 is 16.5. The third-order valence-electron chi connectivity index (χ3n) is 2.81. The second kappa shape index (κ2) is 7.33. The first kappa shape index (κ1) is 16.4. The fourth-order valence-corrected chi connectivity index (χ4v) is 3.84. The van der Waals surface area contributed by atoms with Gasteiger partial charge in [-0.05, 0) is 62.0 Å². The number of aromatic nitrogens is 1. The van der Waals surface area contributed by atoms with Crippen LogP contribution in [0.3, 0.4) is 0 Å². The minimum absolute atomic E-state index is 0.129. The Kier molecular flexibility index (Phi) is 6.01. The van der Waals surface area contributed by atoms with Gasteiger partial charge in [0.25, 0.3) is 0 Å². The summed E-state index contributed by atoms with van der Waals surface area (Å²) in [5, 5.41) is 0.702. The summed E-state index contributed by atoms with van der Waals surface area (Å²) in [7, 11) is 0. The number of nitrogens with one attached hydrogen (secondary N) is 1. The number of rotatable bonds is 4. The number of hydrazine groups is 1. The van der Waals surface area contributed by atoms with Crippen molar-refractivity contribution in [3.8, 4) is 0 Å². The maximum absolute atomic E-state index is 6.24. The molecule has 0 amide bonds. The van der Waals surface area contributed by atoms with Crippen LogP contribution in [0.1, 0.15) is 17.3 Å². The van der Waals surface area contributed by atoms with E-state index in [9.17, 15) is 0 Å². The van der Waals surface area contributed by atoms with E-state index in [4.69, 9.17) is 17.4 Å². The Hall–Kier alpha value is 0.0200. The molecule has 0 aliphatic heterocycles. The first-order valence-electron chi connectivity index (χ1n) is 5.72. The zero-order valence-electron chi connectivity index (χ0n) is 10.2. The van der Waals surface area contributed by atoms with Gasteiger partial charge in [-0.15, -0.1) is 0 Å². The van der Waals surface area contributed by atoms with Gasteiger partial charge in [0.15, 0.2) is 0 Å². The lowest BCUT2D eigenvalue weighted by atomic mass is 10.0. The third-order valence-corrected chi connectivity index (χ3v) is 4.72. The van der Waals surface area contributed by atoms with Crippen molar-refractivity contribution in [3.05, 3.63) is 60.2 Å². The molecule has 1 aromatic heterocycles. The van der Waals surface area contributed by atoms with Crippen LogP contribution in [0, 0.1) is 0 Å². The standard InChI is InChI=1S/C13H11Br3ClN3/c14-8-2-1-7(11(17)5-8)3-12(20-18)13-10(16)4-9(15)6-19-13/h1-2,4-6,12,20H,3,18H2. The van der Waals surface area contributed by atoms with Gasteiger partial charge in [-0.25, -0.2) is 0 Å². The summed E-state index contributed by atoms with van der Waals surface area (Å²) in [4.78, 5) is 4.40. The van der Waals surface area contributed by atoms with Crippen molar-refractivity contribution in [1.29, 1.82) is 0 Å². The third kappa shape index (κ3) is 4.02. The molecule has 20 heavy (non-hydrogen) atoms. The quantitative estimate of drug-likeness (QED) is 0.486. The Bertz CT molecular complexity index is 622. The van der Waals surface area contributed by atoms with Gasteiger partial charge >= 0.3 is 0 Å². The largest absolute Gasteiger partial charge is 0.271 e. The van der Waals surface area contributed by atoms with Gasteiger partial charge in [0.1, 0.15) is 0 Å².